The van der Waals surface area contributed by atoms with E-state index in [1.807, 2.05) is 41.1 Å². The van der Waals surface area contributed by atoms with Crippen molar-refractivity contribution in [3.05, 3.63) is 66.2 Å². The number of benzene rings is 1. The summed E-state index contributed by atoms with van der Waals surface area (Å²) in [7, 11) is 1.77. The van der Waals surface area contributed by atoms with Crippen LogP contribution in [0.5, 0.6) is 0 Å². The maximum absolute atomic E-state index is 12.1. The van der Waals surface area contributed by atoms with Crippen LogP contribution in [0.25, 0.3) is 0 Å². The Morgan fingerprint density at radius 1 is 1.29 bits per heavy atom. The SMILES string of the molecule is Cn1cc(C(=O)Nc2nccn2Cc2ccccc2)cn1. The molecule has 6 heteroatoms. The summed E-state index contributed by atoms with van der Waals surface area (Å²) in [5.74, 6) is 0.302. The minimum atomic E-state index is -0.219. The van der Waals surface area contributed by atoms with Crippen LogP contribution in [-0.4, -0.2) is 25.2 Å². The molecule has 0 saturated carbocycles. The number of nitrogens with zero attached hydrogens (tertiary/aromatic N) is 4. The molecule has 6 nitrogen and oxygen atoms in total. The van der Waals surface area contributed by atoms with Gasteiger partial charge in [0.05, 0.1) is 18.3 Å². The molecule has 3 rings (SSSR count). The van der Waals surface area contributed by atoms with Crippen LogP contribution in [0, 0.1) is 0 Å². The number of anilines is 1. The number of aromatic nitrogens is 4. The Hall–Kier alpha value is -2.89. The van der Waals surface area contributed by atoms with Gasteiger partial charge in [0.2, 0.25) is 5.95 Å². The highest BCUT2D eigenvalue weighted by Crippen LogP contribution is 2.10. The van der Waals surface area contributed by atoms with E-state index in [0.29, 0.717) is 18.1 Å². The Morgan fingerprint density at radius 3 is 2.81 bits per heavy atom. The predicted molar refractivity (Wildman–Crippen MR) is 78.9 cm³/mol. The Balaban J connectivity index is 1.75. The van der Waals surface area contributed by atoms with E-state index in [1.165, 1.54) is 6.20 Å². The van der Waals surface area contributed by atoms with Crippen LogP contribution < -0.4 is 5.32 Å². The first-order valence-corrected chi connectivity index (χ1v) is 6.57. The van der Waals surface area contributed by atoms with E-state index in [-0.39, 0.29) is 5.91 Å². The van der Waals surface area contributed by atoms with Crippen molar-refractivity contribution in [3.63, 3.8) is 0 Å². The second-order valence-corrected chi connectivity index (χ2v) is 4.72. The highest BCUT2D eigenvalue weighted by Gasteiger charge is 2.11. The van der Waals surface area contributed by atoms with Gasteiger partial charge in [-0.2, -0.15) is 5.10 Å². The smallest absolute Gasteiger partial charge is 0.261 e. The number of aryl methyl sites for hydroxylation is 1. The van der Waals surface area contributed by atoms with Gasteiger partial charge in [-0.05, 0) is 5.56 Å². The number of hydrogen-bond donors (Lipinski definition) is 1. The number of carbonyl (C=O) groups excluding carboxylic acids is 1. The third-order valence-electron chi connectivity index (χ3n) is 3.10. The monoisotopic (exact) mass is 281 g/mol. The molecule has 0 saturated heterocycles. The lowest BCUT2D eigenvalue weighted by Crippen LogP contribution is -2.15. The highest BCUT2D eigenvalue weighted by atomic mass is 16.1. The zero-order chi connectivity index (χ0) is 14.7. The lowest BCUT2D eigenvalue weighted by Gasteiger charge is -2.08. The summed E-state index contributed by atoms with van der Waals surface area (Å²) >= 11 is 0. The maximum atomic E-state index is 12.1. The van der Waals surface area contributed by atoms with Crippen LogP contribution >= 0.6 is 0 Å². The summed E-state index contributed by atoms with van der Waals surface area (Å²) in [6.45, 7) is 0.656. The van der Waals surface area contributed by atoms with Gasteiger partial charge < -0.3 is 4.57 Å². The first kappa shape index (κ1) is 13.1. The molecule has 0 aliphatic carbocycles. The molecule has 3 aromatic rings. The average Bonchev–Trinajstić information content (AvgIpc) is 3.10. The van der Waals surface area contributed by atoms with Gasteiger partial charge in [-0.25, -0.2) is 4.98 Å². The van der Waals surface area contributed by atoms with Gasteiger partial charge >= 0.3 is 0 Å². The van der Waals surface area contributed by atoms with Gasteiger partial charge in [-0.1, -0.05) is 30.3 Å². The molecule has 0 atom stereocenters. The van der Waals surface area contributed by atoms with Gasteiger partial charge in [0.1, 0.15) is 0 Å². The Bertz CT molecular complexity index is 744. The van der Waals surface area contributed by atoms with Crippen LogP contribution in [0.1, 0.15) is 15.9 Å². The van der Waals surface area contributed by atoms with Crippen LogP contribution in [0.15, 0.2) is 55.1 Å². The second-order valence-electron chi connectivity index (χ2n) is 4.72. The minimum absolute atomic E-state index is 0.219. The Labute approximate surface area is 122 Å². The van der Waals surface area contributed by atoms with Crippen LogP contribution in [0.2, 0.25) is 0 Å². The number of nitrogens with one attached hydrogen (secondary N) is 1. The summed E-state index contributed by atoms with van der Waals surface area (Å²) in [6, 6.07) is 10.0. The molecular weight excluding hydrogens is 266 g/mol. The molecule has 0 spiro atoms. The third kappa shape index (κ3) is 3.00. The molecular formula is C15H15N5O. The molecule has 0 fully saturated rings. The van der Waals surface area contributed by atoms with E-state index in [4.69, 9.17) is 0 Å². The van der Waals surface area contributed by atoms with E-state index in [2.05, 4.69) is 15.4 Å². The Kier molecular flexibility index (Phi) is 3.51. The van der Waals surface area contributed by atoms with E-state index in [0.717, 1.165) is 5.56 Å². The van der Waals surface area contributed by atoms with Crippen molar-refractivity contribution < 1.29 is 4.79 Å². The van der Waals surface area contributed by atoms with Gasteiger partial charge in [0.15, 0.2) is 0 Å². The molecule has 0 bridgehead atoms. The normalized spacial score (nSPS) is 10.5. The molecule has 0 aliphatic rings. The molecule has 0 radical (unpaired) electrons. The van der Waals surface area contributed by atoms with Crippen LogP contribution in [0.3, 0.4) is 0 Å². The topological polar surface area (TPSA) is 64.7 Å². The summed E-state index contributed by atoms with van der Waals surface area (Å²) in [6.07, 6.45) is 6.70. The number of amides is 1. The van der Waals surface area contributed by atoms with E-state index in [9.17, 15) is 4.79 Å². The highest BCUT2D eigenvalue weighted by molar-refractivity contribution is 6.03. The standard InChI is InChI=1S/C15H15N5O/c1-19-11-13(9-17-19)14(21)18-15-16-7-8-20(15)10-12-5-3-2-4-6-12/h2-9,11H,10H2,1H3,(H,16,18,21). The number of imidazole rings is 1. The van der Waals surface area contributed by atoms with Crippen molar-refractivity contribution in [1.82, 2.24) is 19.3 Å². The zero-order valence-electron chi connectivity index (χ0n) is 11.6. The van der Waals surface area contributed by atoms with Gasteiger partial charge in [-0.15, -0.1) is 0 Å². The fourth-order valence-corrected chi connectivity index (χ4v) is 2.05. The maximum Gasteiger partial charge on any atom is 0.261 e. The quantitative estimate of drug-likeness (QED) is 0.794. The largest absolute Gasteiger partial charge is 0.313 e. The van der Waals surface area contributed by atoms with Crippen molar-refractivity contribution in [2.45, 2.75) is 6.54 Å². The number of rotatable bonds is 4. The molecule has 1 aromatic carbocycles. The first-order chi connectivity index (χ1) is 10.2. The lowest BCUT2D eigenvalue weighted by atomic mass is 10.2. The summed E-state index contributed by atoms with van der Waals surface area (Å²) in [4.78, 5) is 16.3. The lowest BCUT2D eigenvalue weighted by molar-refractivity contribution is 0.102. The summed E-state index contributed by atoms with van der Waals surface area (Å²) in [5.41, 5.74) is 1.65. The first-order valence-electron chi connectivity index (χ1n) is 6.57. The molecule has 21 heavy (non-hydrogen) atoms. The summed E-state index contributed by atoms with van der Waals surface area (Å²) in [5, 5.41) is 6.79. The zero-order valence-corrected chi connectivity index (χ0v) is 11.6. The van der Waals surface area contributed by atoms with Crippen LogP contribution in [0.4, 0.5) is 5.95 Å². The third-order valence-corrected chi connectivity index (χ3v) is 3.10. The van der Waals surface area contributed by atoms with E-state index >= 15 is 0 Å². The molecule has 0 aliphatic heterocycles. The van der Waals surface area contributed by atoms with E-state index < -0.39 is 0 Å². The second kappa shape index (κ2) is 5.62. The average molecular weight is 281 g/mol. The number of hydrogen-bond acceptors (Lipinski definition) is 3. The summed E-state index contributed by atoms with van der Waals surface area (Å²) < 4.78 is 3.48. The fraction of sp³-hybridized carbons (Fsp3) is 0.133. The van der Waals surface area contributed by atoms with Crippen molar-refractivity contribution in [1.29, 1.82) is 0 Å². The molecule has 2 heterocycles. The fourth-order valence-electron chi connectivity index (χ4n) is 2.05. The van der Waals surface area contributed by atoms with Crippen molar-refractivity contribution >= 4 is 11.9 Å². The van der Waals surface area contributed by atoms with Crippen molar-refractivity contribution in [3.8, 4) is 0 Å². The molecule has 1 amide bonds. The van der Waals surface area contributed by atoms with Gasteiger partial charge in [0.25, 0.3) is 5.91 Å². The van der Waals surface area contributed by atoms with Crippen molar-refractivity contribution in [2.24, 2.45) is 7.05 Å². The minimum Gasteiger partial charge on any atom is -0.313 e. The van der Waals surface area contributed by atoms with E-state index in [1.54, 1.807) is 24.1 Å². The molecule has 2 aromatic heterocycles. The van der Waals surface area contributed by atoms with Gasteiger partial charge in [0, 0.05) is 25.6 Å². The molecule has 106 valence electrons. The van der Waals surface area contributed by atoms with Crippen LogP contribution in [-0.2, 0) is 13.6 Å². The van der Waals surface area contributed by atoms with Crippen molar-refractivity contribution in [2.75, 3.05) is 5.32 Å². The van der Waals surface area contributed by atoms with Gasteiger partial charge in [-0.3, -0.25) is 14.8 Å². The predicted octanol–water partition coefficient (Wildman–Crippen LogP) is 1.92. The molecule has 1 N–H and O–H groups in total. The number of carbonyl (C=O) groups is 1. The Morgan fingerprint density at radius 2 is 2.10 bits per heavy atom. The molecule has 0 unspecified atom stereocenters.